The highest BCUT2D eigenvalue weighted by Crippen LogP contribution is 2.40. The predicted octanol–water partition coefficient (Wildman–Crippen LogP) is 1.79. The third kappa shape index (κ3) is 1.99. The van der Waals surface area contributed by atoms with Crippen molar-refractivity contribution >= 4 is 0 Å². The van der Waals surface area contributed by atoms with Crippen molar-refractivity contribution in [1.82, 2.24) is 0 Å². The number of hydrogen-bond acceptors (Lipinski definition) is 2. The van der Waals surface area contributed by atoms with Crippen molar-refractivity contribution in [2.75, 3.05) is 19.8 Å². The van der Waals surface area contributed by atoms with Gasteiger partial charge in [-0.25, -0.2) is 0 Å². The van der Waals surface area contributed by atoms with E-state index in [1.54, 1.807) is 0 Å². The van der Waals surface area contributed by atoms with Crippen LogP contribution in [0, 0.1) is 11.3 Å². The molecule has 0 saturated carbocycles. The second kappa shape index (κ2) is 4.24. The second-order valence-electron chi connectivity index (χ2n) is 4.17. The molecular weight excluding hydrogens is 150 g/mol. The molecule has 1 heterocycles. The largest absolute Gasteiger partial charge is 0.381 e. The number of rotatable bonds is 3. The third-order valence-electron chi connectivity index (χ3n) is 3.36. The Morgan fingerprint density at radius 2 is 1.92 bits per heavy atom. The Labute approximate surface area is 75.5 Å². The van der Waals surface area contributed by atoms with Crippen molar-refractivity contribution in [2.45, 2.75) is 33.1 Å². The molecule has 0 radical (unpaired) electrons. The molecule has 1 saturated heterocycles. The van der Waals surface area contributed by atoms with Gasteiger partial charge < -0.3 is 10.5 Å². The summed E-state index contributed by atoms with van der Waals surface area (Å²) in [6.07, 6.45) is 3.55. The summed E-state index contributed by atoms with van der Waals surface area (Å²) in [5.41, 5.74) is 6.12. The summed E-state index contributed by atoms with van der Waals surface area (Å²) in [5.74, 6) is 0.741. The minimum atomic E-state index is 0.479. The van der Waals surface area contributed by atoms with Crippen LogP contribution in [0.15, 0.2) is 0 Å². The van der Waals surface area contributed by atoms with Crippen LogP contribution in [-0.2, 0) is 4.74 Å². The van der Waals surface area contributed by atoms with E-state index in [2.05, 4.69) is 13.8 Å². The van der Waals surface area contributed by atoms with Crippen molar-refractivity contribution < 1.29 is 4.74 Å². The van der Waals surface area contributed by atoms with Crippen molar-refractivity contribution in [3.05, 3.63) is 0 Å². The maximum Gasteiger partial charge on any atom is 0.0471 e. The van der Waals surface area contributed by atoms with E-state index in [0.717, 1.165) is 32.1 Å². The van der Waals surface area contributed by atoms with Crippen LogP contribution in [0.3, 0.4) is 0 Å². The Kier molecular flexibility index (Phi) is 3.53. The zero-order valence-electron chi connectivity index (χ0n) is 8.31. The van der Waals surface area contributed by atoms with Crippen LogP contribution in [0.1, 0.15) is 33.1 Å². The van der Waals surface area contributed by atoms with Gasteiger partial charge in [-0.05, 0) is 37.1 Å². The van der Waals surface area contributed by atoms with E-state index < -0.39 is 0 Å². The highest BCUT2D eigenvalue weighted by atomic mass is 16.5. The minimum absolute atomic E-state index is 0.479. The van der Waals surface area contributed by atoms with Crippen LogP contribution in [0.2, 0.25) is 0 Å². The zero-order chi connectivity index (χ0) is 9.03. The van der Waals surface area contributed by atoms with Gasteiger partial charge in [-0.1, -0.05) is 13.8 Å². The Bertz CT molecular complexity index is 122. The fourth-order valence-electron chi connectivity index (χ4n) is 2.18. The zero-order valence-corrected chi connectivity index (χ0v) is 8.31. The third-order valence-corrected chi connectivity index (χ3v) is 3.36. The fraction of sp³-hybridized carbons (Fsp3) is 1.00. The summed E-state index contributed by atoms with van der Waals surface area (Å²) in [4.78, 5) is 0. The minimum Gasteiger partial charge on any atom is -0.381 e. The highest BCUT2D eigenvalue weighted by molar-refractivity contribution is 4.84. The lowest BCUT2D eigenvalue weighted by atomic mass is 9.69. The predicted molar refractivity (Wildman–Crippen MR) is 51.0 cm³/mol. The summed E-state index contributed by atoms with van der Waals surface area (Å²) in [6, 6.07) is 0. The van der Waals surface area contributed by atoms with Gasteiger partial charge in [0.25, 0.3) is 0 Å². The van der Waals surface area contributed by atoms with Gasteiger partial charge in [-0.2, -0.15) is 0 Å². The van der Waals surface area contributed by atoms with Gasteiger partial charge >= 0.3 is 0 Å². The van der Waals surface area contributed by atoms with Crippen molar-refractivity contribution in [1.29, 1.82) is 0 Å². The van der Waals surface area contributed by atoms with Gasteiger partial charge in [0.15, 0.2) is 0 Å². The first kappa shape index (κ1) is 10.0. The summed E-state index contributed by atoms with van der Waals surface area (Å²) in [6.45, 7) is 7.29. The van der Waals surface area contributed by atoms with Crippen LogP contribution in [0.4, 0.5) is 0 Å². The van der Waals surface area contributed by atoms with Crippen LogP contribution < -0.4 is 5.73 Å². The lowest BCUT2D eigenvalue weighted by Gasteiger charge is -2.40. The van der Waals surface area contributed by atoms with E-state index >= 15 is 0 Å². The first-order chi connectivity index (χ1) is 5.71. The normalized spacial score (nSPS) is 23.0. The molecule has 0 aromatic heterocycles. The van der Waals surface area contributed by atoms with Gasteiger partial charge in [-0.15, -0.1) is 0 Å². The monoisotopic (exact) mass is 171 g/mol. The van der Waals surface area contributed by atoms with E-state index in [1.165, 1.54) is 12.8 Å². The van der Waals surface area contributed by atoms with Gasteiger partial charge in [0.2, 0.25) is 0 Å². The van der Waals surface area contributed by atoms with Gasteiger partial charge in [0, 0.05) is 13.2 Å². The Balaban J connectivity index is 2.56. The molecule has 0 aliphatic carbocycles. The lowest BCUT2D eigenvalue weighted by molar-refractivity contribution is -0.0139. The summed E-state index contributed by atoms with van der Waals surface area (Å²) in [5, 5.41) is 0. The molecule has 1 aliphatic rings. The molecule has 0 unspecified atom stereocenters. The average molecular weight is 171 g/mol. The molecule has 1 rings (SSSR count). The molecule has 2 nitrogen and oxygen atoms in total. The maximum atomic E-state index is 5.64. The first-order valence-corrected chi connectivity index (χ1v) is 4.99. The highest BCUT2D eigenvalue weighted by Gasteiger charge is 2.34. The maximum absolute atomic E-state index is 5.64. The summed E-state index contributed by atoms with van der Waals surface area (Å²) < 4.78 is 5.38. The van der Waals surface area contributed by atoms with E-state index in [9.17, 15) is 0 Å². The molecule has 1 aliphatic heterocycles. The van der Waals surface area contributed by atoms with E-state index in [-0.39, 0.29) is 0 Å². The molecule has 0 bridgehead atoms. The van der Waals surface area contributed by atoms with E-state index in [1.807, 2.05) is 0 Å². The lowest BCUT2D eigenvalue weighted by Crippen LogP contribution is -2.36. The number of nitrogens with two attached hydrogens (primary N) is 1. The van der Waals surface area contributed by atoms with E-state index in [4.69, 9.17) is 10.5 Å². The van der Waals surface area contributed by atoms with Gasteiger partial charge in [-0.3, -0.25) is 0 Å². The van der Waals surface area contributed by atoms with Gasteiger partial charge in [0.1, 0.15) is 0 Å². The number of hydrogen-bond donors (Lipinski definition) is 1. The molecule has 72 valence electrons. The fourth-order valence-corrected chi connectivity index (χ4v) is 2.18. The Morgan fingerprint density at radius 1 is 1.33 bits per heavy atom. The van der Waals surface area contributed by atoms with Crippen LogP contribution in [0.25, 0.3) is 0 Å². The molecule has 0 spiro atoms. The van der Waals surface area contributed by atoms with Crippen LogP contribution in [-0.4, -0.2) is 19.8 Å². The molecule has 0 amide bonds. The van der Waals surface area contributed by atoms with Crippen molar-refractivity contribution in [3.8, 4) is 0 Å². The van der Waals surface area contributed by atoms with Crippen molar-refractivity contribution in [2.24, 2.45) is 17.1 Å². The molecule has 2 N–H and O–H groups in total. The molecule has 0 atom stereocenters. The molecular formula is C10H21NO. The smallest absolute Gasteiger partial charge is 0.0471 e. The van der Waals surface area contributed by atoms with Crippen molar-refractivity contribution in [3.63, 3.8) is 0 Å². The molecule has 2 heteroatoms. The Hall–Kier alpha value is -0.0800. The molecule has 0 aromatic rings. The first-order valence-electron chi connectivity index (χ1n) is 4.99. The summed E-state index contributed by atoms with van der Waals surface area (Å²) >= 11 is 0. The van der Waals surface area contributed by atoms with Crippen LogP contribution >= 0.6 is 0 Å². The second-order valence-corrected chi connectivity index (χ2v) is 4.17. The number of ether oxygens (including phenoxy) is 1. The molecule has 12 heavy (non-hydrogen) atoms. The SMILES string of the molecule is CC(C)C1(CCN)CCOCC1. The Morgan fingerprint density at radius 3 is 2.33 bits per heavy atom. The van der Waals surface area contributed by atoms with Crippen LogP contribution in [0.5, 0.6) is 0 Å². The standard InChI is InChI=1S/C10H21NO/c1-9(2)10(3-6-11)4-7-12-8-5-10/h9H,3-8,11H2,1-2H3. The quantitative estimate of drug-likeness (QED) is 0.702. The molecule has 0 aromatic carbocycles. The summed E-state index contributed by atoms with van der Waals surface area (Å²) in [7, 11) is 0. The average Bonchev–Trinajstić information content (AvgIpc) is 2.06. The van der Waals surface area contributed by atoms with E-state index in [0.29, 0.717) is 5.41 Å². The molecule has 1 fully saturated rings. The van der Waals surface area contributed by atoms with Gasteiger partial charge in [0.05, 0.1) is 0 Å². The topological polar surface area (TPSA) is 35.2 Å².